The molecule has 0 unspecified atom stereocenters. The minimum Gasteiger partial charge on any atom is -0.308 e. The highest BCUT2D eigenvalue weighted by atomic mass is 15.0. The maximum atomic E-state index is 10.5. The van der Waals surface area contributed by atoms with Crippen LogP contribution in [0.5, 0.6) is 0 Å². The number of hydrogen-bond acceptors (Lipinski definition) is 3. The molecule has 0 aliphatic rings. The third kappa shape index (κ3) is 4.24. The van der Waals surface area contributed by atoms with Crippen LogP contribution in [0.3, 0.4) is 0 Å². The Kier molecular flexibility index (Phi) is 6.56. The van der Waals surface area contributed by atoms with Crippen LogP contribution in [-0.2, 0) is 0 Å². The standard InChI is InChI=1S/C45H25N5/c46-26-29-22-23-43-40(24-29)39-19-9-11-31(27-47)44(39)49(43)33-13-7-10-30(25-33)34-14-1-2-15-35(34)38-18-8-12-32(28-48)45(38)50-41-20-5-3-16-36(41)37-17-4-6-21-42(37)50/h1-25H. The number of aromatic nitrogens is 2. The van der Waals surface area contributed by atoms with Crippen molar-refractivity contribution in [3.63, 3.8) is 0 Å². The second kappa shape index (κ2) is 11.4. The summed E-state index contributed by atoms with van der Waals surface area (Å²) >= 11 is 0. The maximum Gasteiger partial charge on any atom is 0.101 e. The molecule has 5 heteroatoms. The van der Waals surface area contributed by atoms with Gasteiger partial charge in [0.2, 0.25) is 0 Å². The summed E-state index contributed by atoms with van der Waals surface area (Å²) < 4.78 is 4.35. The van der Waals surface area contributed by atoms with Crippen molar-refractivity contribution in [1.29, 1.82) is 15.8 Å². The van der Waals surface area contributed by atoms with Gasteiger partial charge in [0, 0.05) is 32.8 Å². The van der Waals surface area contributed by atoms with Gasteiger partial charge in [0.1, 0.15) is 12.1 Å². The molecule has 0 bridgehead atoms. The van der Waals surface area contributed by atoms with Gasteiger partial charge in [0.15, 0.2) is 0 Å². The van der Waals surface area contributed by atoms with Gasteiger partial charge in [-0.3, -0.25) is 0 Å². The van der Waals surface area contributed by atoms with Crippen molar-refractivity contribution in [2.45, 2.75) is 0 Å². The van der Waals surface area contributed by atoms with Crippen LogP contribution in [0.1, 0.15) is 16.7 Å². The molecule has 0 N–H and O–H groups in total. The number of rotatable bonds is 4. The lowest BCUT2D eigenvalue weighted by Crippen LogP contribution is -2.01. The highest BCUT2D eigenvalue weighted by Crippen LogP contribution is 2.42. The third-order valence-electron chi connectivity index (χ3n) is 9.63. The van der Waals surface area contributed by atoms with Gasteiger partial charge in [-0.15, -0.1) is 0 Å². The Morgan fingerprint density at radius 3 is 1.74 bits per heavy atom. The average Bonchev–Trinajstić information content (AvgIpc) is 3.70. The number of benzene rings is 7. The van der Waals surface area contributed by atoms with E-state index in [-0.39, 0.29) is 0 Å². The molecule has 9 aromatic rings. The highest BCUT2D eigenvalue weighted by molar-refractivity contribution is 6.12. The number of para-hydroxylation sites is 4. The molecule has 0 spiro atoms. The Bertz CT molecular complexity index is 2920. The van der Waals surface area contributed by atoms with E-state index in [4.69, 9.17) is 0 Å². The SMILES string of the molecule is N#Cc1ccc2c(c1)c1cccc(C#N)c1n2-c1cccc(-c2ccccc2-c2cccc(C#N)c2-n2c3ccccc3c3ccccc32)c1. The molecule has 0 atom stereocenters. The van der Waals surface area contributed by atoms with E-state index < -0.39 is 0 Å². The van der Waals surface area contributed by atoms with Crippen molar-refractivity contribution in [3.05, 3.63) is 168 Å². The molecule has 0 aliphatic heterocycles. The number of nitrogens with zero attached hydrogens (tertiary/aromatic N) is 5. The molecular formula is C45H25N5. The maximum absolute atomic E-state index is 10.5. The summed E-state index contributed by atoms with van der Waals surface area (Å²) in [6.07, 6.45) is 0. The summed E-state index contributed by atoms with van der Waals surface area (Å²) in [5, 5.41) is 34.4. The fourth-order valence-corrected chi connectivity index (χ4v) is 7.53. The van der Waals surface area contributed by atoms with Crippen LogP contribution in [0, 0.1) is 34.0 Å². The zero-order chi connectivity index (χ0) is 33.8. The molecule has 0 saturated carbocycles. The van der Waals surface area contributed by atoms with Gasteiger partial charge in [0.25, 0.3) is 0 Å². The molecule has 0 amide bonds. The van der Waals surface area contributed by atoms with Gasteiger partial charge in [-0.1, -0.05) is 97.1 Å². The predicted molar refractivity (Wildman–Crippen MR) is 200 cm³/mol. The van der Waals surface area contributed by atoms with Crippen LogP contribution in [0.15, 0.2) is 152 Å². The molecule has 0 radical (unpaired) electrons. The van der Waals surface area contributed by atoms with E-state index in [2.05, 4.69) is 100 Å². The minimum absolute atomic E-state index is 0.562. The number of nitriles is 3. The minimum atomic E-state index is 0.562. The first-order valence-electron chi connectivity index (χ1n) is 16.3. The molecule has 2 heterocycles. The van der Waals surface area contributed by atoms with Crippen LogP contribution < -0.4 is 0 Å². The van der Waals surface area contributed by atoms with Gasteiger partial charge in [-0.2, -0.15) is 15.8 Å². The zero-order valence-corrected chi connectivity index (χ0v) is 26.7. The summed E-state index contributed by atoms with van der Waals surface area (Å²) in [6.45, 7) is 0. The summed E-state index contributed by atoms with van der Waals surface area (Å²) in [6, 6.07) is 57.8. The van der Waals surface area contributed by atoms with Gasteiger partial charge >= 0.3 is 0 Å². The lowest BCUT2D eigenvalue weighted by molar-refractivity contribution is 1.17. The van der Waals surface area contributed by atoms with Crippen molar-refractivity contribution >= 4 is 43.6 Å². The van der Waals surface area contributed by atoms with Gasteiger partial charge in [-0.25, -0.2) is 0 Å². The normalized spacial score (nSPS) is 11.1. The molecule has 0 aliphatic carbocycles. The molecule has 230 valence electrons. The van der Waals surface area contributed by atoms with Crippen LogP contribution >= 0.6 is 0 Å². The molecule has 7 aromatic carbocycles. The third-order valence-corrected chi connectivity index (χ3v) is 9.63. The molecule has 0 saturated heterocycles. The number of hydrogen-bond donors (Lipinski definition) is 0. The van der Waals surface area contributed by atoms with E-state index in [1.165, 1.54) is 0 Å². The lowest BCUT2D eigenvalue weighted by Gasteiger charge is -2.19. The van der Waals surface area contributed by atoms with Crippen molar-refractivity contribution in [3.8, 4) is 51.8 Å². The summed E-state index contributed by atoms with van der Waals surface area (Å²) in [5.74, 6) is 0. The number of fused-ring (bicyclic) bond motifs is 6. The smallest absolute Gasteiger partial charge is 0.101 e. The van der Waals surface area contributed by atoms with E-state index in [1.54, 1.807) is 0 Å². The Labute approximate surface area is 287 Å². The Morgan fingerprint density at radius 1 is 0.400 bits per heavy atom. The largest absolute Gasteiger partial charge is 0.308 e. The summed E-state index contributed by atoms with van der Waals surface area (Å²) in [7, 11) is 0. The molecule has 5 nitrogen and oxygen atoms in total. The highest BCUT2D eigenvalue weighted by Gasteiger charge is 2.21. The predicted octanol–water partition coefficient (Wildman–Crippen LogP) is 10.8. The first-order valence-corrected chi connectivity index (χ1v) is 16.3. The van der Waals surface area contributed by atoms with Gasteiger partial charge in [0.05, 0.1) is 50.5 Å². The fraction of sp³-hybridized carbons (Fsp3) is 0. The molecular weight excluding hydrogens is 611 g/mol. The molecule has 0 fully saturated rings. The lowest BCUT2D eigenvalue weighted by atomic mass is 9.92. The van der Waals surface area contributed by atoms with E-state index in [0.29, 0.717) is 16.7 Å². The Hall–Kier alpha value is -7.39. The second-order valence-electron chi connectivity index (χ2n) is 12.3. The van der Waals surface area contributed by atoms with E-state index in [9.17, 15) is 15.8 Å². The first-order chi connectivity index (χ1) is 24.7. The quantitative estimate of drug-likeness (QED) is 0.193. The Morgan fingerprint density at radius 2 is 1.00 bits per heavy atom. The van der Waals surface area contributed by atoms with Crippen LogP contribution in [-0.4, -0.2) is 9.13 Å². The van der Waals surface area contributed by atoms with Crippen molar-refractivity contribution in [2.24, 2.45) is 0 Å². The fourth-order valence-electron chi connectivity index (χ4n) is 7.53. The van der Waals surface area contributed by atoms with Crippen molar-refractivity contribution in [2.75, 3.05) is 0 Å². The Balaban J connectivity index is 1.30. The van der Waals surface area contributed by atoms with Crippen LogP contribution in [0.2, 0.25) is 0 Å². The topological polar surface area (TPSA) is 81.2 Å². The average molecular weight is 636 g/mol. The van der Waals surface area contributed by atoms with E-state index in [0.717, 1.165) is 77.2 Å². The molecule has 2 aromatic heterocycles. The van der Waals surface area contributed by atoms with Crippen LogP contribution in [0.25, 0.3) is 77.2 Å². The van der Waals surface area contributed by atoms with Crippen molar-refractivity contribution < 1.29 is 0 Å². The molecule has 50 heavy (non-hydrogen) atoms. The van der Waals surface area contributed by atoms with Gasteiger partial charge in [-0.05, 0) is 71.3 Å². The first kappa shape index (κ1) is 28.8. The summed E-state index contributed by atoms with van der Waals surface area (Å²) in [4.78, 5) is 0. The van der Waals surface area contributed by atoms with Gasteiger partial charge < -0.3 is 9.13 Å². The van der Waals surface area contributed by atoms with Crippen molar-refractivity contribution in [1.82, 2.24) is 9.13 Å². The van der Waals surface area contributed by atoms with Crippen LogP contribution in [0.4, 0.5) is 0 Å². The monoisotopic (exact) mass is 635 g/mol. The summed E-state index contributed by atoms with van der Waals surface area (Å²) in [5.41, 5.74) is 11.2. The molecule has 9 rings (SSSR count). The zero-order valence-electron chi connectivity index (χ0n) is 26.7. The van der Waals surface area contributed by atoms with E-state index in [1.807, 2.05) is 78.9 Å². The second-order valence-corrected chi connectivity index (χ2v) is 12.3. The van der Waals surface area contributed by atoms with E-state index >= 15 is 0 Å².